The van der Waals surface area contributed by atoms with Gasteiger partial charge in [-0.15, -0.1) is 0 Å². The van der Waals surface area contributed by atoms with E-state index in [1.807, 2.05) is 0 Å². The maximum atomic E-state index is 12.7. The number of carbonyl (C=O) groups excluding carboxylic acids is 2. The van der Waals surface area contributed by atoms with Crippen LogP contribution in [-0.2, 0) is 26.2 Å². The molecule has 0 aliphatic rings. The molecule has 136 valence electrons. The molecule has 0 spiro atoms. The van der Waals surface area contributed by atoms with E-state index in [1.54, 1.807) is 37.3 Å². The van der Waals surface area contributed by atoms with E-state index in [1.165, 1.54) is 25.1 Å². The van der Waals surface area contributed by atoms with Crippen molar-refractivity contribution < 1.29 is 24.4 Å². The van der Waals surface area contributed by atoms with Crippen LogP contribution in [0, 0.1) is 17.0 Å². The highest BCUT2D eigenvalue weighted by molar-refractivity contribution is 6.05. The number of esters is 1. The summed E-state index contributed by atoms with van der Waals surface area (Å²) < 4.78 is 5.02. The highest BCUT2D eigenvalue weighted by Gasteiger charge is 2.44. The summed E-state index contributed by atoms with van der Waals surface area (Å²) in [5, 5.41) is 23.2. The van der Waals surface area contributed by atoms with E-state index in [9.17, 15) is 24.8 Å². The van der Waals surface area contributed by atoms with E-state index in [0.717, 1.165) is 0 Å². The Labute approximate surface area is 150 Å². The van der Waals surface area contributed by atoms with Crippen LogP contribution in [-0.4, -0.2) is 23.5 Å². The number of carboxylic acids is 1. The molecular weight excluding hydrogens is 338 g/mol. The second kappa shape index (κ2) is 7.77. The predicted octanol–water partition coefficient (Wildman–Crippen LogP) is 1.70. The highest BCUT2D eigenvalue weighted by Crippen LogP contribution is 2.33. The van der Waals surface area contributed by atoms with Gasteiger partial charge in [0, 0.05) is 11.6 Å². The Morgan fingerprint density at radius 1 is 1.15 bits per heavy atom. The number of hydrogen-bond donors (Lipinski definition) is 0. The standard InChI is InChI=1S/C19H19NO6/c1-3-26-18(23)19(17(21)22,12-14-7-5-4-6-8-14)15-9-10-16(20(24)25)13(2)11-15/h4-11H,3,12H2,1-2H3,(H,21,22)/p-1. The molecule has 0 heterocycles. The van der Waals surface area contributed by atoms with Gasteiger partial charge in [0.05, 0.1) is 17.5 Å². The topological polar surface area (TPSA) is 110 Å². The van der Waals surface area contributed by atoms with Crippen LogP contribution < -0.4 is 5.11 Å². The third-order valence-corrected chi connectivity index (χ3v) is 4.17. The lowest BCUT2D eigenvalue weighted by atomic mass is 9.75. The number of hydrogen-bond acceptors (Lipinski definition) is 6. The summed E-state index contributed by atoms with van der Waals surface area (Å²) >= 11 is 0. The molecule has 1 atom stereocenters. The van der Waals surface area contributed by atoms with Crippen molar-refractivity contribution in [1.29, 1.82) is 0 Å². The number of nitro groups is 1. The molecule has 2 rings (SSSR count). The first-order chi connectivity index (χ1) is 12.3. The zero-order valence-corrected chi connectivity index (χ0v) is 14.4. The summed E-state index contributed by atoms with van der Waals surface area (Å²) in [5.74, 6) is -2.58. The number of nitro benzene ring substituents is 1. The molecule has 0 aromatic heterocycles. The zero-order chi connectivity index (χ0) is 19.3. The Morgan fingerprint density at radius 2 is 1.81 bits per heavy atom. The maximum absolute atomic E-state index is 12.7. The lowest BCUT2D eigenvalue weighted by Gasteiger charge is -2.33. The van der Waals surface area contributed by atoms with Crippen LogP contribution >= 0.6 is 0 Å². The summed E-state index contributed by atoms with van der Waals surface area (Å²) in [6.07, 6.45) is -0.188. The summed E-state index contributed by atoms with van der Waals surface area (Å²) in [6, 6.07) is 12.4. The zero-order valence-electron chi connectivity index (χ0n) is 14.4. The molecule has 0 amide bonds. The molecule has 0 bridgehead atoms. The molecule has 0 aliphatic carbocycles. The first-order valence-corrected chi connectivity index (χ1v) is 8.01. The minimum absolute atomic E-state index is 0.00534. The van der Waals surface area contributed by atoms with Crippen LogP contribution in [0.3, 0.4) is 0 Å². The van der Waals surface area contributed by atoms with E-state index in [0.29, 0.717) is 5.56 Å². The predicted molar refractivity (Wildman–Crippen MR) is 91.3 cm³/mol. The average Bonchev–Trinajstić information content (AvgIpc) is 2.60. The fraction of sp³-hybridized carbons (Fsp3) is 0.263. The Bertz CT molecular complexity index is 833. The smallest absolute Gasteiger partial charge is 0.322 e. The minimum Gasteiger partial charge on any atom is -0.549 e. The van der Waals surface area contributed by atoms with Gasteiger partial charge in [0.2, 0.25) is 0 Å². The fourth-order valence-corrected chi connectivity index (χ4v) is 2.85. The van der Waals surface area contributed by atoms with Gasteiger partial charge in [-0.2, -0.15) is 0 Å². The van der Waals surface area contributed by atoms with Crippen molar-refractivity contribution in [2.24, 2.45) is 0 Å². The number of aliphatic carboxylic acids is 1. The van der Waals surface area contributed by atoms with Gasteiger partial charge in [-0.1, -0.05) is 36.4 Å². The summed E-state index contributed by atoms with van der Waals surface area (Å²) in [6.45, 7) is 3.05. The van der Waals surface area contributed by atoms with Gasteiger partial charge >= 0.3 is 5.97 Å². The quantitative estimate of drug-likeness (QED) is 0.323. The first-order valence-electron chi connectivity index (χ1n) is 8.01. The van der Waals surface area contributed by atoms with E-state index in [4.69, 9.17) is 4.74 Å². The molecule has 2 aromatic rings. The van der Waals surface area contributed by atoms with Crippen molar-refractivity contribution in [1.82, 2.24) is 0 Å². The third-order valence-electron chi connectivity index (χ3n) is 4.17. The number of carbonyl (C=O) groups is 2. The molecule has 0 aliphatic heterocycles. The Balaban J connectivity index is 2.65. The number of carboxylic acid groups (broad SMARTS) is 1. The number of benzene rings is 2. The number of rotatable bonds is 7. The van der Waals surface area contributed by atoms with E-state index < -0.39 is 22.3 Å². The summed E-state index contributed by atoms with van der Waals surface area (Å²) in [7, 11) is 0. The molecule has 0 saturated carbocycles. The van der Waals surface area contributed by atoms with Crippen molar-refractivity contribution >= 4 is 17.6 Å². The van der Waals surface area contributed by atoms with Crippen LogP contribution in [0.1, 0.15) is 23.6 Å². The molecule has 7 heteroatoms. The van der Waals surface area contributed by atoms with Crippen LogP contribution in [0.2, 0.25) is 0 Å². The molecule has 0 saturated heterocycles. The van der Waals surface area contributed by atoms with Crippen molar-refractivity contribution in [3.8, 4) is 0 Å². The Morgan fingerprint density at radius 3 is 2.31 bits per heavy atom. The monoisotopic (exact) mass is 356 g/mol. The van der Waals surface area contributed by atoms with Gasteiger partial charge < -0.3 is 14.6 Å². The van der Waals surface area contributed by atoms with Crippen LogP contribution in [0.25, 0.3) is 0 Å². The molecule has 0 radical (unpaired) electrons. The van der Waals surface area contributed by atoms with Gasteiger partial charge in [0.25, 0.3) is 5.69 Å². The van der Waals surface area contributed by atoms with Crippen molar-refractivity contribution in [3.05, 3.63) is 75.3 Å². The van der Waals surface area contributed by atoms with Gasteiger partial charge in [-0.25, -0.2) is 0 Å². The second-order valence-electron chi connectivity index (χ2n) is 5.83. The fourth-order valence-electron chi connectivity index (χ4n) is 2.85. The Hall–Kier alpha value is -3.22. The van der Waals surface area contributed by atoms with E-state index in [2.05, 4.69) is 0 Å². The normalized spacial score (nSPS) is 12.8. The maximum Gasteiger partial charge on any atom is 0.322 e. The highest BCUT2D eigenvalue weighted by atomic mass is 16.6. The molecule has 7 nitrogen and oxygen atoms in total. The van der Waals surface area contributed by atoms with Crippen molar-refractivity contribution in [2.75, 3.05) is 6.61 Å². The summed E-state index contributed by atoms with van der Waals surface area (Å²) in [5.41, 5.74) is -1.33. The summed E-state index contributed by atoms with van der Waals surface area (Å²) in [4.78, 5) is 35.3. The van der Waals surface area contributed by atoms with Crippen LogP contribution in [0.4, 0.5) is 5.69 Å². The SMILES string of the molecule is CCOC(=O)C(Cc1ccccc1)(C(=O)[O-])c1ccc([N+](=O)[O-])c(C)c1. The molecular formula is C19H18NO6-. The van der Waals surface area contributed by atoms with Gasteiger partial charge in [0.1, 0.15) is 5.41 Å². The number of ether oxygens (including phenoxy) is 1. The van der Waals surface area contributed by atoms with Crippen LogP contribution in [0.5, 0.6) is 0 Å². The lowest BCUT2D eigenvalue weighted by molar-refractivity contribution is -0.385. The minimum atomic E-state index is -2.10. The van der Waals surface area contributed by atoms with Gasteiger partial charge in [-0.3, -0.25) is 14.9 Å². The third kappa shape index (κ3) is 3.56. The van der Waals surface area contributed by atoms with Crippen LogP contribution in [0.15, 0.2) is 48.5 Å². The molecule has 0 N–H and O–H groups in total. The first kappa shape index (κ1) is 19.1. The number of aryl methyl sites for hydroxylation is 1. The molecule has 0 fully saturated rings. The van der Waals surface area contributed by atoms with Gasteiger partial charge in [0.15, 0.2) is 0 Å². The largest absolute Gasteiger partial charge is 0.549 e. The van der Waals surface area contributed by atoms with E-state index >= 15 is 0 Å². The molecule has 1 unspecified atom stereocenters. The lowest BCUT2D eigenvalue weighted by Crippen LogP contribution is -2.54. The second-order valence-corrected chi connectivity index (χ2v) is 5.83. The van der Waals surface area contributed by atoms with Crippen molar-refractivity contribution in [3.63, 3.8) is 0 Å². The van der Waals surface area contributed by atoms with Gasteiger partial charge in [-0.05, 0) is 37.5 Å². The number of nitrogens with zero attached hydrogens (tertiary/aromatic N) is 1. The average molecular weight is 356 g/mol. The van der Waals surface area contributed by atoms with E-state index in [-0.39, 0.29) is 29.8 Å². The Kier molecular flexibility index (Phi) is 5.71. The van der Waals surface area contributed by atoms with Crippen molar-refractivity contribution in [2.45, 2.75) is 25.7 Å². The molecule has 26 heavy (non-hydrogen) atoms. The molecule has 2 aromatic carbocycles.